The fourth-order valence-electron chi connectivity index (χ4n) is 6.06. The minimum atomic E-state index is -4.61. The zero-order valence-electron chi connectivity index (χ0n) is 21.8. The van der Waals surface area contributed by atoms with Crippen molar-refractivity contribution in [1.29, 1.82) is 0 Å². The number of hydrogen-bond acceptors (Lipinski definition) is 6. The molecule has 1 aromatic heterocycles. The third-order valence-corrected chi connectivity index (χ3v) is 8.10. The van der Waals surface area contributed by atoms with Crippen molar-refractivity contribution in [2.75, 3.05) is 29.9 Å². The summed E-state index contributed by atoms with van der Waals surface area (Å²) >= 11 is 6.09. The van der Waals surface area contributed by atoms with E-state index in [0.717, 1.165) is 18.4 Å². The van der Waals surface area contributed by atoms with E-state index in [4.69, 9.17) is 11.6 Å². The lowest BCUT2D eigenvalue weighted by atomic mass is 9.91. The van der Waals surface area contributed by atoms with Gasteiger partial charge in [0.1, 0.15) is 18.0 Å². The van der Waals surface area contributed by atoms with Gasteiger partial charge in [-0.1, -0.05) is 37.6 Å². The number of anilines is 2. The first kappa shape index (κ1) is 27.6. The van der Waals surface area contributed by atoms with Gasteiger partial charge in [0.05, 0.1) is 17.4 Å². The third kappa shape index (κ3) is 5.70. The number of alkyl halides is 3. The lowest BCUT2D eigenvalue weighted by Crippen LogP contribution is -2.57. The van der Waals surface area contributed by atoms with E-state index in [1.165, 1.54) is 6.33 Å². The summed E-state index contributed by atoms with van der Waals surface area (Å²) in [6.45, 7) is 5.55. The lowest BCUT2D eigenvalue weighted by molar-refractivity contribution is -0.156. The Morgan fingerprint density at radius 1 is 1.15 bits per heavy atom. The minimum absolute atomic E-state index is 0.00424. The summed E-state index contributed by atoms with van der Waals surface area (Å²) in [5.41, 5.74) is 0.804. The van der Waals surface area contributed by atoms with Gasteiger partial charge >= 0.3 is 6.18 Å². The van der Waals surface area contributed by atoms with Gasteiger partial charge < -0.3 is 20.4 Å². The van der Waals surface area contributed by atoms with E-state index in [9.17, 15) is 22.8 Å². The van der Waals surface area contributed by atoms with Crippen LogP contribution in [0, 0.1) is 0 Å². The summed E-state index contributed by atoms with van der Waals surface area (Å²) in [7, 11) is 0. The van der Waals surface area contributed by atoms with E-state index in [0.29, 0.717) is 31.1 Å². The fourth-order valence-corrected chi connectivity index (χ4v) is 6.18. The zero-order valence-corrected chi connectivity index (χ0v) is 22.6. The van der Waals surface area contributed by atoms with Crippen molar-refractivity contribution in [3.8, 4) is 0 Å². The van der Waals surface area contributed by atoms with Gasteiger partial charge in [-0.05, 0) is 43.5 Å². The Bertz CT molecular complexity index is 1210. The van der Waals surface area contributed by atoms with Crippen LogP contribution < -0.4 is 15.5 Å². The highest BCUT2D eigenvalue weighted by atomic mass is 35.5. The lowest BCUT2D eigenvalue weighted by Gasteiger charge is -2.44. The van der Waals surface area contributed by atoms with Crippen molar-refractivity contribution in [1.82, 2.24) is 20.2 Å². The number of hydrogen-bond donors (Lipinski definition) is 2. The highest BCUT2D eigenvalue weighted by Gasteiger charge is 2.50. The predicted molar refractivity (Wildman–Crippen MR) is 142 cm³/mol. The SMILES string of the molecule is CC(C)NCC[C@@H](C(=O)N1CC2CCC(C1)N2c1ncnc2c1[C@@H](C(F)(F)F)CC(=O)N2)c1ccc(Cl)cc1. The van der Waals surface area contributed by atoms with Crippen molar-refractivity contribution < 1.29 is 22.8 Å². The van der Waals surface area contributed by atoms with Crippen LogP contribution in [0.4, 0.5) is 24.8 Å². The van der Waals surface area contributed by atoms with Crippen molar-refractivity contribution >= 4 is 35.1 Å². The molecular weight excluding hydrogens is 533 g/mol. The molecule has 2 unspecified atom stereocenters. The molecule has 0 aliphatic carbocycles. The van der Waals surface area contributed by atoms with Crippen LogP contribution >= 0.6 is 11.6 Å². The highest BCUT2D eigenvalue weighted by Crippen LogP contribution is 2.48. The second kappa shape index (κ2) is 10.9. The average Bonchev–Trinajstić information content (AvgIpc) is 3.13. The molecule has 2 N–H and O–H groups in total. The van der Waals surface area contributed by atoms with E-state index >= 15 is 0 Å². The Kier molecular flexibility index (Phi) is 7.74. The normalized spacial score (nSPS) is 23.6. The Balaban J connectivity index is 1.40. The van der Waals surface area contributed by atoms with Crippen LogP contribution in [0.5, 0.6) is 0 Å². The van der Waals surface area contributed by atoms with Gasteiger partial charge in [0, 0.05) is 42.7 Å². The van der Waals surface area contributed by atoms with Crippen molar-refractivity contribution in [3.05, 3.63) is 46.7 Å². The molecule has 5 rings (SSSR count). The first-order valence-electron chi connectivity index (χ1n) is 13.3. The first-order chi connectivity index (χ1) is 18.5. The maximum atomic E-state index is 14.0. The summed E-state index contributed by atoms with van der Waals surface area (Å²) < 4.78 is 42.1. The summed E-state index contributed by atoms with van der Waals surface area (Å²) in [6.07, 6.45) is -2.03. The van der Waals surface area contributed by atoms with Crippen LogP contribution in [0.1, 0.15) is 62.5 Å². The Labute approximate surface area is 230 Å². The molecule has 2 aromatic rings. The molecular formula is C27H32ClF3N6O2. The van der Waals surface area contributed by atoms with Gasteiger partial charge in [0.2, 0.25) is 11.8 Å². The monoisotopic (exact) mass is 564 g/mol. The van der Waals surface area contributed by atoms with Crippen molar-refractivity contribution in [3.63, 3.8) is 0 Å². The second-order valence-corrected chi connectivity index (χ2v) is 11.3. The molecule has 2 amide bonds. The molecule has 210 valence electrons. The Hall–Kier alpha value is -2.92. The molecule has 4 heterocycles. The molecule has 2 saturated heterocycles. The van der Waals surface area contributed by atoms with Crippen LogP contribution in [0.25, 0.3) is 0 Å². The number of rotatable bonds is 7. The van der Waals surface area contributed by atoms with Crippen LogP contribution in [0.2, 0.25) is 5.02 Å². The number of fused-ring (bicyclic) bond motifs is 3. The van der Waals surface area contributed by atoms with Gasteiger partial charge in [-0.25, -0.2) is 9.97 Å². The molecule has 1 aromatic carbocycles. The average molecular weight is 565 g/mol. The number of halogens is 4. The molecule has 0 saturated carbocycles. The standard InChI is InChI=1S/C27H32ClF3N6O2/c1-15(2)32-10-9-20(16-3-5-17(28)6-4-16)26(39)36-12-18-7-8-19(13-36)37(18)25-23-21(27(29,30)31)11-22(38)35-24(23)33-14-34-25/h3-6,14-15,18-21,32H,7-13H2,1-2H3,(H,33,34,35,38)/t18?,19?,20-,21+/m1/s1. The van der Waals surface area contributed by atoms with E-state index in [1.807, 2.05) is 21.9 Å². The number of amides is 2. The van der Waals surface area contributed by atoms with E-state index in [1.54, 1.807) is 12.1 Å². The van der Waals surface area contributed by atoms with E-state index in [2.05, 4.69) is 34.4 Å². The third-order valence-electron chi connectivity index (χ3n) is 7.85. The summed E-state index contributed by atoms with van der Waals surface area (Å²) in [4.78, 5) is 37.9. The molecule has 4 atom stereocenters. The highest BCUT2D eigenvalue weighted by molar-refractivity contribution is 6.30. The number of nitrogens with one attached hydrogen (secondary N) is 2. The number of nitrogens with zero attached hydrogens (tertiary/aromatic N) is 4. The summed E-state index contributed by atoms with van der Waals surface area (Å²) in [5, 5.41) is 6.46. The molecule has 2 bridgehead atoms. The van der Waals surface area contributed by atoms with Crippen LogP contribution in [0.15, 0.2) is 30.6 Å². The molecule has 8 nitrogen and oxygen atoms in total. The molecule has 0 spiro atoms. The minimum Gasteiger partial charge on any atom is -0.347 e. The van der Waals surface area contributed by atoms with Crippen LogP contribution in [-0.2, 0) is 9.59 Å². The number of carbonyl (C=O) groups excluding carboxylic acids is 2. The van der Waals surface area contributed by atoms with E-state index in [-0.39, 0.29) is 47.1 Å². The zero-order chi connectivity index (χ0) is 27.9. The number of carbonyl (C=O) groups is 2. The molecule has 0 radical (unpaired) electrons. The molecule has 3 aliphatic heterocycles. The molecule has 2 fully saturated rings. The maximum absolute atomic E-state index is 14.0. The van der Waals surface area contributed by atoms with Gasteiger partial charge in [0.25, 0.3) is 0 Å². The second-order valence-electron chi connectivity index (χ2n) is 10.8. The van der Waals surface area contributed by atoms with Crippen LogP contribution in [-0.4, -0.2) is 70.6 Å². The Morgan fingerprint density at radius 2 is 1.82 bits per heavy atom. The summed E-state index contributed by atoms with van der Waals surface area (Å²) in [5.74, 6) is -2.93. The summed E-state index contributed by atoms with van der Waals surface area (Å²) in [6, 6.07) is 7.24. The number of benzene rings is 1. The Morgan fingerprint density at radius 3 is 2.44 bits per heavy atom. The van der Waals surface area contributed by atoms with Crippen LogP contribution in [0.3, 0.4) is 0 Å². The molecule has 3 aliphatic rings. The van der Waals surface area contributed by atoms with Gasteiger partial charge in [0.15, 0.2) is 0 Å². The largest absolute Gasteiger partial charge is 0.396 e. The van der Waals surface area contributed by atoms with E-state index < -0.39 is 24.4 Å². The topological polar surface area (TPSA) is 90.5 Å². The number of aromatic nitrogens is 2. The van der Waals surface area contributed by atoms with Gasteiger partial charge in [-0.15, -0.1) is 0 Å². The van der Waals surface area contributed by atoms with Gasteiger partial charge in [-0.3, -0.25) is 9.59 Å². The smallest absolute Gasteiger partial charge is 0.347 e. The fraction of sp³-hybridized carbons (Fsp3) is 0.556. The number of likely N-dealkylation sites (tertiary alicyclic amines) is 1. The molecule has 12 heteroatoms. The number of piperazine rings is 1. The predicted octanol–water partition coefficient (Wildman–Crippen LogP) is 4.47. The van der Waals surface area contributed by atoms with Crippen molar-refractivity contribution in [2.24, 2.45) is 0 Å². The molecule has 39 heavy (non-hydrogen) atoms. The van der Waals surface area contributed by atoms with Crippen molar-refractivity contribution in [2.45, 2.75) is 75.7 Å². The maximum Gasteiger partial charge on any atom is 0.396 e. The van der Waals surface area contributed by atoms with Gasteiger partial charge in [-0.2, -0.15) is 13.2 Å². The first-order valence-corrected chi connectivity index (χ1v) is 13.7. The quantitative estimate of drug-likeness (QED) is 0.516.